The average molecular weight is 475 g/mol. The number of aliphatic hydroxyl groups is 1. The second-order valence-electron chi connectivity index (χ2n) is 8.78. The third-order valence-electron chi connectivity index (χ3n) is 5.95. The molecule has 1 atom stereocenters. The smallest absolute Gasteiger partial charge is 0.296 e. The van der Waals surface area contributed by atoms with Crippen LogP contribution >= 0.6 is 0 Å². The summed E-state index contributed by atoms with van der Waals surface area (Å²) in [6, 6.07) is 13.0. The van der Waals surface area contributed by atoms with Crippen molar-refractivity contribution >= 4 is 17.4 Å². The Morgan fingerprint density at radius 2 is 1.91 bits per heavy atom. The molecule has 180 valence electrons. The molecule has 1 unspecified atom stereocenters. The van der Waals surface area contributed by atoms with E-state index in [2.05, 4.69) is 0 Å². The van der Waals surface area contributed by atoms with E-state index in [1.165, 1.54) is 11.2 Å². The number of nitrogens with zero attached hydrogens (tertiary/aromatic N) is 1. The fourth-order valence-corrected chi connectivity index (χ4v) is 4.36. The molecule has 0 radical (unpaired) electrons. The van der Waals surface area contributed by atoms with Gasteiger partial charge in [0.25, 0.3) is 11.7 Å². The van der Waals surface area contributed by atoms with Crippen molar-refractivity contribution < 1.29 is 33.3 Å². The lowest BCUT2D eigenvalue weighted by Gasteiger charge is -2.23. The fourth-order valence-electron chi connectivity index (χ4n) is 4.36. The Hall–Kier alpha value is -4.20. The third-order valence-corrected chi connectivity index (χ3v) is 5.95. The normalized spacial score (nSPS) is 18.5. The van der Waals surface area contributed by atoms with E-state index in [0.717, 1.165) is 11.1 Å². The van der Waals surface area contributed by atoms with E-state index in [1.54, 1.807) is 42.5 Å². The Bertz CT molecular complexity index is 1320. The number of Topliss-reactive ketones (excluding diaryl/α,β-unsaturated/α-hetero) is 1. The third kappa shape index (κ3) is 4.12. The number of furan rings is 1. The molecule has 8 nitrogen and oxygen atoms in total. The average Bonchev–Trinajstić information content (AvgIpc) is 3.56. The van der Waals surface area contributed by atoms with Crippen LogP contribution in [0.3, 0.4) is 0 Å². The van der Waals surface area contributed by atoms with Gasteiger partial charge in [0.1, 0.15) is 23.3 Å². The van der Waals surface area contributed by atoms with Gasteiger partial charge in [-0.2, -0.15) is 0 Å². The van der Waals surface area contributed by atoms with Crippen LogP contribution in [-0.4, -0.2) is 34.6 Å². The Balaban J connectivity index is 1.55. The topological polar surface area (TPSA) is 98.4 Å². The number of ether oxygens (including phenoxy) is 3. The summed E-state index contributed by atoms with van der Waals surface area (Å²) in [4.78, 5) is 27.7. The predicted octanol–water partition coefficient (Wildman–Crippen LogP) is 4.73. The van der Waals surface area contributed by atoms with E-state index in [4.69, 9.17) is 18.6 Å². The fraction of sp³-hybridized carbons (Fsp3) is 0.259. The zero-order chi connectivity index (χ0) is 24.7. The minimum atomic E-state index is -0.887. The number of carbonyl (C=O) groups excluding carboxylic acids is 2. The minimum absolute atomic E-state index is 0.00592. The highest BCUT2D eigenvalue weighted by atomic mass is 16.7. The molecule has 3 heterocycles. The van der Waals surface area contributed by atoms with E-state index >= 15 is 0 Å². The lowest BCUT2D eigenvalue weighted by molar-refractivity contribution is -0.140. The van der Waals surface area contributed by atoms with Crippen molar-refractivity contribution in [3.05, 3.63) is 82.8 Å². The van der Waals surface area contributed by atoms with Crippen LogP contribution < -0.4 is 14.2 Å². The van der Waals surface area contributed by atoms with Crippen LogP contribution in [0, 0.1) is 6.92 Å². The van der Waals surface area contributed by atoms with E-state index in [0.29, 0.717) is 28.6 Å². The molecule has 2 aliphatic rings. The molecular formula is C27H25NO7. The highest BCUT2D eigenvalue weighted by Crippen LogP contribution is 2.41. The van der Waals surface area contributed by atoms with E-state index in [9.17, 15) is 14.7 Å². The molecule has 1 amide bonds. The van der Waals surface area contributed by atoms with Gasteiger partial charge >= 0.3 is 0 Å². The maximum atomic E-state index is 13.2. The molecular weight excluding hydrogens is 450 g/mol. The van der Waals surface area contributed by atoms with Gasteiger partial charge in [-0.25, -0.2) is 0 Å². The van der Waals surface area contributed by atoms with E-state index in [1.807, 2.05) is 26.8 Å². The quantitative estimate of drug-likeness (QED) is 0.313. The first-order valence-electron chi connectivity index (χ1n) is 11.3. The largest absolute Gasteiger partial charge is 0.507 e. The van der Waals surface area contributed by atoms with Crippen LogP contribution in [0.4, 0.5) is 0 Å². The van der Waals surface area contributed by atoms with Crippen LogP contribution in [0.15, 0.2) is 64.8 Å². The van der Waals surface area contributed by atoms with Crippen LogP contribution in [-0.2, 0) is 16.1 Å². The van der Waals surface area contributed by atoms with Gasteiger partial charge in [-0.15, -0.1) is 0 Å². The minimum Gasteiger partial charge on any atom is -0.507 e. The summed E-state index contributed by atoms with van der Waals surface area (Å²) in [5.41, 5.74) is 1.93. The summed E-state index contributed by atoms with van der Waals surface area (Å²) in [7, 11) is 0. The Labute approximate surface area is 202 Å². The number of likely N-dealkylation sites (tertiary alicyclic amines) is 1. The van der Waals surface area contributed by atoms with Gasteiger partial charge < -0.3 is 28.6 Å². The number of ketones is 1. The number of amides is 1. The molecule has 1 saturated heterocycles. The van der Waals surface area contributed by atoms with Crippen molar-refractivity contribution in [3.8, 4) is 17.2 Å². The van der Waals surface area contributed by atoms with Crippen molar-refractivity contribution in [2.45, 2.75) is 39.5 Å². The number of rotatable bonds is 6. The molecule has 35 heavy (non-hydrogen) atoms. The highest BCUT2D eigenvalue weighted by Gasteiger charge is 2.47. The first kappa shape index (κ1) is 22.6. The maximum Gasteiger partial charge on any atom is 0.296 e. The Morgan fingerprint density at radius 1 is 1.11 bits per heavy atom. The number of carbonyl (C=O) groups is 2. The van der Waals surface area contributed by atoms with Crippen LogP contribution in [0.25, 0.3) is 5.76 Å². The van der Waals surface area contributed by atoms with Crippen molar-refractivity contribution in [3.63, 3.8) is 0 Å². The molecule has 8 heteroatoms. The van der Waals surface area contributed by atoms with Gasteiger partial charge in [0.05, 0.1) is 17.9 Å². The lowest BCUT2D eigenvalue weighted by Crippen LogP contribution is -2.29. The molecule has 2 aromatic carbocycles. The molecule has 0 aliphatic carbocycles. The summed E-state index contributed by atoms with van der Waals surface area (Å²) in [6.07, 6.45) is 1.46. The molecule has 2 aliphatic heterocycles. The van der Waals surface area contributed by atoms with Gasteiger partial charge in [-0.1, -0.05) is 6.07 Å². The first-order chi connectivity index (χ1) is 16.8. The molecule has 0 spiro atoms. The van der Waals surface area contributed by atoms with Crippen LogP contribution in [0.2, 0.25) is 0 Å². The molecule has 0 saturated carbocycles. The summed E-state index contributed by atoms with van der Waals surface area (Å²) in [5, 5.41) is 11.2. The van der Waals surface area contributed by atoms with Gasteiger partial charge in [-0.3, -0.25) is 9.59 Å². The number of aliphatic hydroxyl groups excluding tert-OH is 1. The van der Waals surface area contributed by atoms with E-state index in [-0.39, 0.29) is 30.8 Å². The highest BCUT2D eigenvalue weighted by molar-refractivity contribution is 6.46. The molecule has 1 fully saturated rings. The van der Waals surface area contributed by atoms with Crippen LogP contribution in [0.5, 0.6) is 17.2 Å². The predicted molar refractivity (Wildman–Crippen MR) is 126 cm³/mol. The number of benzene rings is 2. The number of fused-ring (bicyclic) bond motifs is 1. The Kier molecular flexibility index (Phi) is 5.72. The molecule has 3 aromatic rings. The van der Waals surface area contributed by atoms with Gasteiger partial charge in [-0.05, 0) is 74.4 Å². The Morgan fingerprint density at radius 3 is 2.63 bits per heavy atom. The van der Waals surface area contributed by atoms with Crippen molar-refractivity contribution in [1.82, 2.24) is 4.90 Å². The summed E-state index contributed by atoms with van der Waals surface area (Å²) >= 11 is 0. The molecule has 1 N–H and O–H groups in total. The molecule has 1 aromatic heterocycles. The summed E-state index contributed by atoms with van der Waals surface area (Å²) < 4.78 is 22.2. The van der Waals surface area contributed by atoms with Crippen molar-refractivity contribution in [2.24, 2.45) is 0 Å². The number of hydrogen-bond donors (Lipinski definition) is 1. The monoisotopic (exact) mass is 475 g/mol. The zero-order valence-corrected chi connectivity index (χ0v) is 19.6. The summed E-state index contributed by atoms with van der Waals surface area (Å²) in [5.74, 6) is 0.501. The standard InChI is InChI=1S/C27H25NO7/c1-15(2)35-19-9-7-18(11-16(19)3)25(29)23-24(21-5-4-10-32-21)28(27(31)26(23)30)13-17-6-8-20-22(12-17)34-14-33-20/h4-12,15,24,29H,13-14H2,1-3H3/b25-23-. The van der Waals surface area contributed by atoms with E-state index < -0.39 is 17.7 Å². The number of aryl methyl sites for hydroxylation is 1. The first-order valence-corrected chi connectivity index (χ1v) is 11.3. The SMILES string of the molecule is Cc1cc(/C(O)=C2/C(=O)C(=O)N(Cc3ccc4c(c3)OCO4)C2c2ccco2)ccc1OC(C)C. The number of hydrogen-bond acceptors (Lipinski definition) is 7. The second-order valence-corrected chi connectivity index (χ2v) is 8.78. The van der Waals surface area contributed by atoms with Gasteiger partial charge in [0, 0.05) is 12.1 Å². The molecule has 5 rings (SSSR count). The van der Waals surface area contributed by atoms with Crippen molar-refractivity contribution in [2.75, 3.05) is 6.79 Å². The second kappa shape index (κ2) is 8.87. The maximum absolute atomic E-state index is 13.2. The van der Waals surface area contributed by atoms with Gasteiger partial charge in [0.15, 0.2) is 11.5 Å². The van der Waals surface area contributed by atoms with Crippen LogP contribution in [0.1, 0.15) is 42.3 Å². The summed E-state index contributed by atoms with van der Waals surface area (Å²) in [6.45, 7) is 5.97. The van der Waals surface area contributed by atoms with Crippen molar-refractivity contribution in [1.29, 1.82) is 0 Å². The van der Waals surface area contributed by atoms with Gasteiger partial charge in [0.2, 0.25) is 6.79 Å². The zero-order valence-electron chi connectivity index (χ0n) is 19.6. The lowest BCUT2D eigenvalue weighted by atomic mass is 9.98. The molecule has 0 bridgehead atoms.